The van der Waals surface area contributed by atoms with Crippen molar-refractivity contribution in [2.75, 3.05) is 5.73 Å². The summed E-state index contributed by atoms with van der Waals surface area (Å²) >= 11 is 0. The summed E-state index contributed by atoms with van der Waals surface area (Å²) in [5.41, 5.74) is 6.14. The molecule has 0 saturated carbocycles. The first-order chi connectivity index (χ1) is 7.65. The summed E-state index contributed by atoms with van der Waals surface area (Å²) in [5.74, 6) is 0.551. The van der Waals surface area contributed by atoms with Gasteiger partial charge < -0.3 is 10.3 Å². The van der Waals surface area contributed by atoms with E-state index in [0.717, 1.165) is 0 Å². The third-order valence-electron chi connectivity index (χ3n) is 2.49. The van der Waals surface area contributed by atoms with Crippen molar-refractivity contribution in [2.24, 2.45) is 7.05 Å². The van der Waals surface area contributed by atoms with Gasteiger partial charge in [-0.2, -0.15) is 5.10 Å². The van der Waals surface area contributed by atoms with Crippen LogP contribution in [0.5, 0.6) is 0 Å². The predicted molar refractivity (Wildman–Crippen MR) is 59.0 cm³/mol. The van der Waals surface area contributed by atoms with Crippen molar-refractivity contribution < 1.29 is 4.79 Å². The van der Waals surface area contributed by atoms with Crippen LogP contribution in [0.2, 0.25) is 0 Å². The Morgan fingerprint density at radius 2 is 2.31 bits per heavy atom. The average Bonchev–Trinajstić information content (AvgIpc) is 2.86. The fraction of sp³-hybridized carbons (Fsp3) is 0.300. The molecule has 0 spiro atoms. The van der Waals surface area contributed by atoms with Crippen LogP contribution < -0.4 is 5.73 Å². The molecule has 16 heavy (non-hydrogen) atoms. The van der Waals surface area contributed by atoms with Crippen LogP contribution >= 0.6 is 0 Å². The number of rotatable bonds is 3. The molecule has 0 aliphatic rings. The summed E-state index contributed by atoms with van der Waals surface area (Å²) in [4.78, 5) is 16.1. The average molecular weight is 219 g/mol. The molecule has 0 unspecified atom stereocenters. The number of carbonyl (C=O) groups is 1. The van der Waals surface area contributed by atoms with E-state index in [1.807, 2.05) is 6.92 Å². The van der Waals surface area contributed by atoms with Crippen molar-refractivity contribution in [1.82, 2.24) is 19.3 Å². The highest BCUT2D eigenvalue weighted by atomic mass is 16.1. The van der Waals surface area contributed by atoms with Crippen LogP contribution in [0.15, 0.2) is 18.6 Å². The molecule has 84 valence electrons. The van der Waals surface area contributed by atoms with Crippen LogP contribution in [0.25, 0.3) is 0 Å². The SMILES string of the molecule is CCn1ccnc1C(=O)c1cnn(C)c1N. The Morgan fingerprint density at radius 3 is 2.88 bits per heavy atom. The third kappa shape index (κ3) is 1.48. The third-order valence-corrected chi connectivity index (χ3v) is 2.49. The first kappa shape index (κ1) is 10.4. The Balaban J connectivity index is 2.43. The van der Waals surface area contributed by atoms with Gasteiger partial charge in [-0.1, -0.05) is 0 Å². The lowest BCUT2D eigenvalue weighted by Gasteiger charge is -2.02. The Morgan fingerprint density at radius 1 is 1.56 bits per heavy atom. The van der Waals surface area contributed by atoms with Gasteiger partial charge >= 0.3 is 0 Å². The van der Waals surface area contributed by atoms with Gasteiger partial charge in [0, 0.05) is 26.0 Å². The normalized spacial score (nSPS) is 10.6. The van der Waals surface area contributed by atoms with E-state index in [4.69, 9.17) is 5.73 Å². The van der Waals surface area contributed by atoms with Gasteiger partial charge in [-0.25, -0.2) is 4.98 Å². The molecule has 2 aromatic rings. The van der Waals surface area contributed by atoms with E-state index >= 15 is 0 Å². The monoisotopic (exact) mass is 219 g/mol. The molecule has 0 aliphatic carbocycles. The zero-order chi connectivity index (χ0) is 11.7. The molecular weight excluding hydrogens is 206 g/mol. The van der Waals surface area contributed by atoms with Crippen LogP contribution in [-0.2, 0) is 13.6 Å². The number of ketones is 1. The van der Waals surface area contributed by atoms with Gasteiger partial charge in [0.15, 0.2) is 5.82 Å². The van der Waals surface area contributed by atoms with Crippen LogP contribution in [0, 0.1) is 0 Å². The number of nitrogens with two attached hydrogens (primary N) is 1. The zero-order valence-corrected chi connectivity index (χ0v) is 9.21. The highest BCUT2D eigenvalue weighted by Gasteiger charge is 2.19. The van der Waals surface area contributed by atoms with Gasteiger partial charge in [0.2, 0.25) is 5.78 Å². The highest BCUT2D eigenvalue weighted by molar-refractivity contribution is 6.09. The van der Waals surface area contributed by atoms with E-state index in [1.165, 1.54) is 10.9 Å². The summed E-state index contributed by atoms with van der Waals surface area (Å²) in [6, 6.07) is 0. The largest absolute Gasteiger partial charge is 0.383 e. The van der Waals surface area contributed by atoms with Gasteiger partial charge in [0.25, 0.3) is 0 Å². The summed E-state index contributed by atoms with van der Waals surface area (Å²) in [7, 11) is 1.69. The number of nitrogens with zero attached hydrogens (tertiary/aromatic N) is 4. The molecule has 0 amide bonds. The van der Waals surface area contributed by atoms with Crippen molar-refractivity contribution in [2.45, 2.75) is 13.5 Å². The van der Waals surface area contributed by atoms with Gasteiger partial charge in [-0.05, 0) is 6.92 Å². The van der Waals surface area contributed by atoms with Crippen LogP contribution in [0.4, 0.5) is 5.82 Å². The van der Waals surface area contributed by atoms with Crippen LogP contribution in [0.3, 0.4) is 0 Å². The molecule has 0 fully saturated rings. The predicted octanol–water partition coefficient (Wildman–Crippen LogP) is 0.450. The van der Waals surface area contributed by atoms with E-state index < -0.39 is 0 Å². The fourth-order valence-corrected chi connectivity index (χ4v) is 1.52. The summed E-state index contributed by atoms with van der Waals surface area (Å²) in [6.07, 6.45) is 4.83. The molecule has 0 aromatic carbocycles. The van der Waals surface area contributed by atoms with Gasteiger partial charge in [0.1, 0.15) is 5.82 Å². The molecule has 0 aliphatic heterocycles. The minimum absolute atomic E-state index is 0.197. The number of carbonyl (C=O) groups excluding carboxylic acids is 1. The smallest absolute Gasteiger partial charge is 0.233 e. The van der Waals surface area contributed by atoms with Gasteiger partial charge in [-0.3, -0.25) is 9.48 Å². The summed E-state index contributed by atoms with van der Waals surface area (Å²) in [6.45, 7) is 2.65. The van der Waals surface area contributed by atoms with Gasteiger partial charge in [-0.15, -0.1) is 0 Å². The summed E-state index contributed by atoms with van der Waals surface area (Å²) in [5, 5.41) is 3.94. The maximum atomic E-state index is 12.1. The molecule has 2 heterocycles. The molecule has 0 saturated heterocycles. The second-order valence-corrected chi connectivity index (χ2v) is 3.43. The number of hydrogen-bond acceptors (Lipinski definition) is 4. The second kappa shape index (κ2) is 3.80. The topological polar surface area (TPSA) is 78.7 Å². The van der Waals surface area contributed by atoms with E-state index in [1.54, 1.807) is 24.0 Å². The molecule has 2 aromatic heterocycles. The van der Waals surface area contributed by atoms with Crippen LogP contribution in [0.1, 0.15) is 23.1 Å². The minimum Gasteiger partial charge on any atom is -0.383 e. The van der Waals surface area contributed by atoms with E-state index in [9.17, 15) is 4.79 Å². The molecule has 0 bridgehead atoms. The van der Waals surface area contributed by atoms with Gasteiger partial charge in [0.05, 0.1) is 11.8 Å². The molecule has 0 radical (unpaired) electrons. The number of hydrogen-bond donors (Lipinski definition) is 1. The Bertz CT molecular complexity index is 525. The lowest BCUT2D eigenvalue weighted by molar-refractivity contribution is 0.102. The van der Waals surface area contributed by atoms with Crippen molar-refractivity contribution in [1.29, 1.82) is 0 Å². The quantitative estimate of drug-likeness (QED) is 0.760. The van der Waals surface area contributed by atoms with E-state index in [2.05, 4.69) is 10.1 Å². The number of aryl methyl sites for hydroxylation is 2. The lowest BCUT2D eigenvalue weighted by Crippen LogP contribution is -2.12. The molecule has 0 atom stereocenters. The number of anilines is 1. The van der Waals surface area contributed by atoms with Crippen molar-refractivity contribution >= 4 is 11.6 Å². The van der Waals surface area contributed by atoms with E-state index in [0.29, 0.717) is 23.8 Å². The highest BCUT2D eigenvalue weighted by Crippen LogP contribution is 2.14. The Kier molecular flexibility index (Phi) is 2.47. The second-order valence-electron chi connectivity index (χ2n) is 3.43. The number of nitrogen functional groups attached to an aromatic ring is 1. The molecule has 2 N–H and O–H groups in total. The number of aromatic nitrogens is 4. The number of imidazole rings is 1. The first-order valence-electron chi connectivity index (χ1n) is 4.98. The van der Waals surface area contributed by atoms with Crippen molar-refractivity contribution in [3.05, 3.63) is 30.0 Å². The fourth-order valence-electron chi connectivity index (χ4n) is 1.52. The standard InChI is InChI=1S/C10H13N5O/c1-3-15-5-4-12-10(15)8(16)7-6-13-14(2)9(7)11/h4-6H,3,11H2,1-2H3. The first-order valence-corrected chi connectivity index (χ1v) is 4.98. The Labute approximate surface area is 92.7 Å². The van der Waals surface area contributed by atoms with Crippen molar-refractivity contribution in [3.8, 4) is 0 Å². The van der Waals surface area contributed by atoms with Crippen molar-refractivity contribution in [3.63, 3.8) is 0 Å². The Hall–Kier alpha value is -2.11. The van der Waals surface area contributed by atoms with Crippen LogP contribution in [-0.4, -0.2) is 25.1 Å². The summed E-state index contributed by atoms with van der Waals surface area (Å²) < 4.78 is 3.24. The van der Waals surface area contributed by atoms with E-state index in [-0.39, 0.29) is 5.78 Å². The molecule has 6 heteroatoms. The molecule has 6 nitrogen and oxygen atoms in total. The lowest BCUT2D eigenvalue weighted by atomic mass is 10.2. The maximum Gasteiger partial charge on any atom is 0.233 e. The zero-order valence-electron chi connectivity index (χ0n) is 9.21. The maximum absolute atomic E-state index is 12.1. The molecule has 2 rings (SSSR count). The minimum atomic E-state index is -0.197. The molecular formula is C10H13N5O.